The number of piperazine rings is 1. The Bertz CT molecular complexity index is 803. The van der Waals surface area contributed by atoms with Crippen molar-refractivity contribution in [3.05, 3.63) is 54.1 Å². The summed E-state index contributed by atoms with van der Waals surface area (Å²) >= 11 is 0. The van der Waals surface area contributed by atoms with Gasteiger partial charge in [-0.3, -0.25) is 9.69 Å². The third-order valence-electron chi connectivity index (χ3n) is 6.68. The van der Waals surface area contributed by atoms with Crippen molar-refractivity contribution in [2.45, 2.75) is 43.6 Å². The smallest absolute Gasteiger partial charge is 0.234 e. The molecule has 6 nitrogen and oxygen atoms in total. The Morgan fingerprint density at radius 3 is 2.70 bits per heavy atom. The molecule has 1 aliphatic carbocycles. The van der Waals surface area contributed by atoms with Crippen LogP contribution in [0.4, 0.5) is 0 Å². The first-order chi connectivity index (χ1) is 14.2. The number of carbonyl (C=O) groups is 1. The molecule has 1 amide bonds. The first kappa shape index (κ1) is 22.8. The zero-order valence-corrected chi connectivity index (χ0v) is 18.7. The molecular formula is C23H34ClN5O. The number of hydrogen-bond donors (Lipinski definition) is 2. The number of rotatable bonds is 6. The molecule has 7 heteroatoms. The molecule has 0 radical (unpaired) electrons. The number of amides is 1. The maximum atomic E-state index is 12.9. The van der Waals surface area contributed by atoms with Gasteiger partial charge < -0.3 is 15.2 Å². The lowest BCUT2D eigenvalue weighted by Gasteiger charge is -2.39. The predicted molar refractivity (Wildman–Crippen MR) is 122 cm³/mol. The first-order valence-electron chi connectivity index (χ1n) is 10.9. The van der Waals surface area contributed by atoms with Crippen LogP contribution in [0.25, 0.3) is 0 Å². The lowest BCUT2D eigenvalue weighted by molar-refractivity contribution is -0.123. The van der Waals surface area contributed by atoms with Gasteiger partial charge in [0.05, 0.1) is 12.6 Å². The van der Waals surface area contributed by atoms with E-state index in [0.717, 1.165) is 44.8 Å². The van der Waals surface area contributed by atoms with E-state index in [1.807, 2.05) is 19.4 Å². The first-order valence-corrected chi connectivity index (χ1v) is 10.9. The van der Waals surface area contributed by atoms with Gasteiger partial charge in [0.15, 0.2) is 0 Å². The third-order valence-corrected chi connectivity index (χ3v) is 6.68. The maximum absolute atomic E-state index is 12.9. The summed E-state index contributed by atoms with van der Waals surface area (Å²) < 4.78 is 2.05. The second kappa shape index (κ2) is 10.4. The van der Waals surface area contributed by atoms with Crippen molar-refractivity contribution in [3.63, 3.8) is 0 Å². The number of aromatic nitrogens is 2. The SMILES string of the molecule is Cl.Cn1ccnc1C1CNCCN1CC(=O)NCC1(c2ccccc2)CCCCC1. The van der Waals surface area contributed by atoms with E-state index in [2.05, 4.69) is 55.4 Å². The van der Waals surface area contributed by atoms with Gasteiger partial charge in [0.1, 0.15) is 5.82 Å². The zero-order chi connectivity index (χ0) is 20.1. The van der Waals surface area contributed by atoms with Crippen molar-refractivity contribution >= 4 is 18.3 Å². The van der Waals surface area contributed by atoms with Gasteiger partial charge in [-0.15, -0.1) is 12.4 Å². The maximum Gasteiger partial charge on any atom is 0.234 e. The Morgan fingerprint density at radius 1 is 1.23 bits per heavy atom. The molecular weight excluding hydrogens is 398 g/mol. The second-order valence-corrected chi connectivity index (χ2v) is 8.57. The van der Waals surface area contributed by atoms with Crippen molar-refractivity contribution in [2.24, 2.45) is 7.05 Å². The Balaban J connectivity index is 0.00000256. The van der Waals surface area contributed by atoms with Gasteiger partial charge in [-0.1, -0.05) is 49.6 Å². The summed E-state index contributed by atoms with van der Waals surface area (Å²) in [4.78, 5) is 19.7. The average Bonchev–Trinajstić information content (AvgIpc) is 3.20. The minimum absolute atomic E-state index is 0. The van der Waals surface area contributed by atoms with E-state index in [-0.39, 0.29) is 29.8 Å². The van der Waals surface area contributed by atoms with Crippen LogP contribution in [0.5, 0.6) is 0 Å². The molecule has 1 unspecified atom stereocenters. The summed E-state index contributed by atoms with van der Waals surface area (Å²) in [5.41, 5.74) is 1.45. The molecule has 1 aliphatic heterocycles. The minimum Gasteiger partial charge on any atom is -0.354 e. The highest BCUT2D eigenvalue weighted by molar-refractivity contribution is 5.85. The highest BCUT2D eigenvalue weighted by Crippen LogP contribution is 2.38. The van der Waals surface area contributed by atoms with Crippen molar-refractivity contribution in [3.8, 4) is 0 Å². The topological polar surface area (TPSA) is 62.2 Å². The van der Waals surface area contributed by atoms with Gasteiger partial charge in [0.2, 0.25) is 5.91 Å². The Morgan fingerprint density at radius 2 is 2.00 bits per heavy atom. The molecule has 2 heterocycles. The molecule has 0 spiro atoms. The Labute approximate surface area is 185 Å². The monoisotopic (exact) mass is 431 g/mol. The fourth-order valence-corrected chi connectivity index (χ4v) is 4.98. The lowest BCUT2D eigenvalue weighted by atomic mass is 9.69. The van der Waals surface area contributed by atoms with Crippen LogP contribution in [-0.2, 0) is 17.3 Å². The molecule has 1 atom stereocenters. The molecule has 2 N–H and O–H groups in total. The highest BCUT2D eigenvalue weighted by atomic mass is 35.5. The quantitative estimate of drug-likeness (QED) is 0.738. The summed E-state index contributed by atoms with van der Waals surface area (Å²) in [6.07, 6.45) is 9.88. The lowest BCUT2D eigenvalue weighted by Crippen LogP contribution is -2.51. The van der Waals surface area contributed by atoms with Gasteiger partial charge in [-0.05, 0) is 18.4 Å². The fourth-order valence-electron chi connectivity index (χ4n) is 4.98. The van der Waals surface area contributed by atoms with Gasteiger partial charge in [0.25, 0.3) is 0 Å². The standard InChI is InChI=1S/C23H33N5O.ClH/c1-27-14-13-25-22(27)20-16-24-12-15-28(20)17-21(29)26-18-23(10-6-3-7-11-23)19-8-4-2-5-9-19;/h2,4-5,8-9,13-14,20,24H,3,6-7,10-12,15-18H2,1H3,(H,26,29);1H. The van der Waals surface area contributed by atoms with Crippen LogP contribution in [-0.4, -0.2) is 53.1 Å². The van der Waals surface area contributed by atoms with E-state index in [4.69, 9.17) is 0 Å². The summed E-state index contributed by atoms with van der Waals surface area (Å²) in [7, 11) is 2.02. The summed E-state index contributed by atoms with van der Waals surface area (Å²) in [6.45, 7) is 3.74. The van der Waals surface area contributed by atoms with Crippen molar-refractivity contribution in [1.82, 2.24) is 25.1 Å². The van der Waals surface area contributed by atoms with E-state index in [9.17, 15) is 4.79 Å². The molecule has 164 valence electrons. The zero-order valence-electron chi connectivity index (χ0n) is 17.8. The summed E-state index contributed by atoms with van der Waals surface area (Å²) in [5.74, 6) is 1.13. The molecule has 0 bridgehead atoms. The van der Waals surface area contributed by atoms with Gasteiger partial charge in [-0.25, -0.2) is 4.98 Å². The molecule has 30 heavy (non-hydrogen) atoms. The van der Waals surface area contributed by atoms with Crippen LogP contribution in [0.3, 0.4) is 0 Å². The van der Waals surface area contributed by atoms with Gasteiger partial charge in [-0.2, -0.15) is 0 Å². The summed E-state index contributed by atoms with van der Waals surface area (Å²) in [5, 5.41) is 6.73. The molecule has 2 aromatic rings. The number of imidazole rings is 1. The van der Waals surface area contributed by atoms with Crippen LogP contribution in [0.15, 0.2) is 42.7 Å². The molecule has 1 aromatic heterocycles. The molecule has 1 aromatic carbocycles. The predicted octanol–water partition coefficient (Wildman–Crippen LogP) is 2.81. The summed E-state index contributed by atoms with van der Waals surface area (Å²) in [6, 6.07) is 10.9. The number of benzene rings is 1. The van der Waals surface area contributed by atoms with Crippen LogP contribution in [0.1, 0.15) is 49.5 Å². The van der Waals surface area contributed by atoms with Crippen molar-refractivity contribution in [1.29, 1.82) is 0 Å². The fraction of sp³-hybridized carbons (Fsp3) is 0.565. The van der Waals surface area contributed by atoms with E-state index < -0.39 is 0 Å². The minimum atomic E-state index is 0. The van der Waals surface area contributed by atoms with E-state index in [1.165, 1.54) is 24.8 Å². The third kappa shape index (κ3) is 5.05. The van der Waals surface area contributed by atoms with Crippen molar-refractivity contribution in [2.75, 3.05) is 32.7 Å². The Kier molecular flexibility index (Phi) is 7.92. The average molecular weight is 432 g/mol. The van der Waals surface area contributed by atoms with E-state index >= 15 is 0 Å². The second-order valence-electron chi connectivity index (χ2n) is 8.57. The highest BCUT2D eigenvalue weighted by Gasteiger charge is 2.35. The van der Waals surface area contributed by atoms with Crippen molar-refractivity contribution < 1.29 is 4.79 Å². The number of aryl methyl sites for hydroxylation is 1. The van der Waals surface area contributed by atoms with Gasteiger partial charge in [0, 0.05) is 51.0 Å². The number of nitrogens with one attached hydrogen (secondary N) is 2. The van der Waals surface area contributed by atoms with E-state index in [0.29, 0.717) is 6.54 Å². The molecule has 2 fully saturated rings. The molecule has 4 rings (SSSR count). The Hall–Kier alpha value is -1.89. The largest absolute Gasteiger partial charge is 0.354 e. The van der Waals surface area contributed by atoms with Gasteiger partial charge >= 0.3 is 0 Å². The number of hydrogen-bond acceptors (Lipinski definition) is 4. The number of carbonyl (C=O) groups excluding carboxylic acids is 1. The van der Waals surface area contributed by atoms with E-state index in [1.54, 1.807) is 0 Å². The number of halogens is 1. The molecule has 2 aliphatic rings. The van der Waals surface area contributed by atoms with Crippen LogP contribution in [0.2, 0.25) is 0 Å². The molecule has 1 saturated carbocycles. The van der Waals surface area contributed by atoms with Crippen LogP contribution >= 0.6 is 12.4 Å². The molecule has 1 saturated heterocycles. The van der Waals surface area contributed by atoms with Crippen LogP contribution in [0, 0.1) is 0 Å². The van der Waals surface area contributed by atoms with Crippen LogP contribution < -0.4 is 10.6 Å². The number of nitrogens with zero attached hydrogens (tertiary/aromatic N) is 3. The normalized spacial score (nSPS) is 21.6.